The number of anilines is 2. The monoisotopic (exact) mass is 790 g/mol. The molecule has 2 aliphatic heterocycles. The van der Waals surface area contributed by atoms with E-state index in [4.69, 9.17) is 26.0 Å². The average molecular weight is 791 g/mol. The van der Waals surface area contributed by atoms with Crippen LogP contribution in [0.3, 0.4) is 0 Å². The molecule has 0 aliphatic carbocycles. The lowest BCUT2D eigenvalue weighted by molar-refractivity contribution is -0.0511. The lowest BCUT2D eigenvalue weighted by Crippen LogP contribution is -2.33. The number of hydrogen-bond donors (Lipinski definition) is 9. The highest BCUT2D eigenvalue weighted by Crippen LogP contribution is 2.33. The summed E-state index contributed by atoms with van der Waals surface area (Å²) in [7, 11) is 0. The molecule has 5 aromatic rings. The predicted octanol–water partition coefficient (Wildman–Crippen LogP) is -2.27. The maximum absolute atomic E-state index is 10.3. The number of halogens is 1. The first-order chi connectivity index (χ1) is 23.5. The molecule has 0 saturated carbocycles. The third-order valence-corrected chi connectivity index (χ3v) is 8.37. The van der Waals surface area contributed by atoms with E-state index in [1.165, 1.54) is 21.8 Å². The van der Waals surface area contributed by atoms with Crippen LogP contribution in [-0.2, 0) is 9.47 Å². The molecule has 11 N–H and O–H groups in total. The van der Waals surface area contributed by atoms with Gasteiger partial charge < -0.3 is 56.7 Å². The van der Waals surface area contributed by atoms with Crippen LogP contribution < -0.4 is 11.5 Å². The molecule has 2 saturated heterocycles. The second kappa shape index (κ2) is 14.4. The molecule has 6 heterocycles. The Balaban J connectivity index is 0.000000182. The van der Waals surface area contributed by atoms with E-state index in [9.17, 15) is 30.6 Å². The van der Waals surface area contributed by atoms with Crippen molar-refractivity contribution in [3.8, 4) is 11.8 Å². The maximum atomic E-state index is 10.3. The summed E-state index contributed by atoms with van der Waals surface area (Å²) in [6.45, 7) is -0.845. The molecule has 7 rings (SSSR count). The summed E-state index contributed by atoms with van der Waals surface area (Å²) < 4.78 is 14.3. The van der Waals surface area contributed by atoms with Crippen molar-refractivity contribution in [1.29, 1.82) is 0 Å². The molecule has 1 unspecified atom stereocenters. The second-order valence-corrected chi connectivity index (χ2v) is 12.0. The summed E-state index contributed by atoms with van der Waals surface area (Å²) in [6.07, 6.45) is -6.90. The minimum Gasteiger partial charge on any atom is -0.394 e. The number of benzene rings is 1. The molecule has 258 valence electrons. The minimum absolute atomic E-state index is 0.0541. The Bertz CT molecular complexity index is 2000. The Hall–Kier alpha value is -4.15. The number of aromatic nitrogens is 8. The lowest BCUT2D eigenvalue weighted by Gasteiger charge is -2.16. The average Bonchev–Trinajstić information content (AvgIpc) is 3.85. The number of nitrogens with two attached hydrogens (primary N) is 2. The smallest absolute Gasteiger partial charge is 0.209 e. The van der Waals surface area contributed by atoms with Crippen molar-refractivity contribution in [1.82, 2.24) is 39.0 Å². The second-order valence-electron chi connectivity index (χ2n) is 11.0. The van der Waals surface area contributed by atoms with E-state index in [0.29, 0.717) is 20.6 Å². The lowest BCUT2D eigenvalue weighted by atomic mass is 10.1. The van der Waals surface area contributed by atoms with E-state index in [0.717, 1.165) is 0 Å². The number of aliphatic hydroxyl groups is 7. The topological polar surface area (TPSA) is 299 Å². The molecule has 1 aromatic carbocycles. The van der Waals surface area contributed by atoms with Gasteiger partial charge in [0, 0.05) is 22.6 Å². The third-order valence-electron chi connectivity index (χ3n) is 7.89. The maximum Gasteiger partial charge on any atom is 0.209 e. The largest absolute Gasteiger partial charge is 0.394 e. The van der Waals surface area contributed by atoms with Gasteiger partial charge in [0.25, 0.3) is 0 Å². The molecule has 0 bridgehead atoms. The van der Waals surface area contributed by atoms with Crippen LogP contribution in [0.4, 0.5) is 11.6 Å². The summed E-state index contributed by atoms with van der Waals surface area (Å²) in [5.74, 6) is 5.70. The third kappa shape index (κ3) is 6.73. The quantitative estimate of drug-likeness (QED) is 0.0515. The van der Waals surface area contributed by atoms with Gasteiger partial charge in [-0.3, -0.25) is 9.13 Å². The fourth-order valence-corrected chi connectivity index (χ4v) is 5.84. The van der Waals surface area contributed by atoms with Gasteiger partial charge >= 0.3 is 0 Å². The Morgan fingerprint density at radius 3 is 1.78 bits per heavy atom. The first-order valence-electron chi connectivity index (χ1n) is 14.7. The fourth-order valence-electron chi connectivity index (χ4n) is 5.35. The summed E-state index contributed by atoms with van der Waals surface area (Å²) in [6, 6.07) is 8.91. The van der Waals surface area contributed by atoms with Gasteiger partial charge in [0.05, 0.1) is 25.9 Å². The van der Waals surface area contributed by atoms with Gasteiger partial charge in [0.2, 0.25) is 5.82 Å². The molecule has 2 aliphatic rings. The number of nitrogen functional groups attached to an aromatic ring is 2. The highest BCUT2D eigenvalue weighted by Gasteiger charge is 2.45. The molecule has 2 fully saturated rings. The van der Waals surface area contributed by atoms with Crippen LogP contribution in [0.5, 0.6) is 0 Å². The van der Waals surface area contributed by atoms with Crippen molar-refractivity contribution in [2.45, 2.75) is 55.2 Å². The van der Waals surface area contributed by atoms with E-state index in [2.05, 4.69) is 41.7 Å². The summed E-state index contributed by atoms with van der Waals surface area (Å²) in [5, 5.41) is 68.6. The van der Waals surface area contributed by atoms with Crippen molar-refractivity contribution >= 4 is 56.6 Å². The number of rotatable bonds is 5. The highest BCUT2D eigenvalue weighted by atomic mass is 127. The van der Waals surface area contributed by atoms with Crippen molar-refractivity contribution in [3.63, 3.8) is 0 Å². The molecule has 4 aromatic heterocycles. The van der Waals surface area contributed by atoms with Gasteiger partial charge in [0.15, 0.2) is 39.2 Å². The first-order valence-corrected chi connectivity index (χ1v) is 15.7. The Morgan fingerprint density at radius 2 is 1.27 bits per heavy atom. The number of aliphatic hydroxyl groups excluding tert-OH is 7. The number of ether oxygens (including phenoxy) is 2. The number of nitrogens with zero attached hydrogens (tertiary/aromatic N) is 8. The molecular formula is C29H31IN10O9. The summed E-state index contributed by atoms with van der Waals surface area (Å²) >= 11 is 1.92. The molecule has 9 atom stereocenters. The number of hydrogen-bond acceptors (Lipinski definition) is 17. The van der Waals surface area contributed by atoms with Crippen LogP contribution in [0.25, 0.3) is 22.3 Å². The summed E-state index contributed by atoms with van der Waals surface area (Å²) in [5.41, 5.74) is 13.7. The van der Waals surface area contributed by atoms with Crippen LogP contribution in [0.2, 0.25) is 0 Å². The van der Waals surface area contributed by atoms with Crippen LogP contribution in [-0.4, -0.2) is 125 Å². The first kappa shape index (κ1) is 34.7. The highest BCUT2D eigenvalue weighted by molar-refractivity contribution is 14.1. The molecule has 20 heteroatoms. The van der Waals surface area contributed by atoms with E-state index in [-0.39, 0.29) is 28.6 Å². The molecule has 49 heavy (non-hydrogen) atoms. The fraction of sp³-hybridized carbons (Fsp3) is 0.379. The molecule has 0 spiro atoms. The minimum atomic E-state index is -1.30. The van der Waals surface area contributed by atoms with Crippen molar-refractivity contribution in [2.24, 2.45) is 0 Å². The Labute approximate surface area is 290 Å². The van der Waals surface area contributed by atoms with E-state index in [1.807, 2.05) is 28.7 Å². The van der Waals surface area contributed by atoms with Crippen molar-refractivity contribution in [2.75, 3.05) is 24.7 Å². The van der Waals surface area contributed by atoms with Crippen LogP contribution in [0.15, 0.2) is 43.0 Å². The zero-order chi connectivity index (χ0) is 35.0. The Kier molecular flexibility index (Phi) is 10.2. The molecular weight excluding hydrogens is 759 g/mol. The van der Waals surface area contributed by atoms with Crippen molar-refractivity contribution < 1.29 is 45.2 Å². The van der Waals surface area contributed by atoms with E-state index < -0.39 is 68.4 Å². The summed E-state index contributed by atoms with van der Waals surface area (Å²) in [4.78, 5) is 24.8. The van der Waals surface area contributed by atoms with Gasteiger partial charge in [0.1, 0.15) is 53.8 Å². The zero-order valence-corrected chi connectivity index (χ0v) is 27.4. The molecule has 0 amide bonds. The van der Waals surface area contributed by atoms with Gasteiger partial charge in [-0.15, -0.1) is 0 Å². The molecule has 0 radical (unpaired) electrons. The van der Waals surface area contributed by atoms with Gasteiger partial charge in [-0.25, -0.2) is 29.9 Å². The van der Waals surface area contributed by atoms with Crippen LogP contribution in [0, 0.1) is 15.7 Å². The van der Waals surface area contributed by atoms with Gasteiger partial charge in [-0.2, -0.15) is 0 Å². The number of fused-ring (bicyclic) bond motifs is 2. The molecule has 19 nitrogen and oxygen atoms in total. The Morgan fingerprint density at radius 1 is 0.755 bits per heavy atom. The normalized spacial score (nSPS) is 27.1. The SMILES string of the molecule is Nc1nc(C#CC(O)c2ccccc2)nc2c1ncn2[C@@H]1O[C@H](CO)[C@@H](O)[C@H]1O.Nc1nc(I)nc2c1ncn2[C@@H]1O[C@H](CO)[C@@H](O)[C@H]1O. The van der Waals surface area contributed by atoms with Gasteiger partial charge in [-0.1, -0.05) is 36.3 Å². The van der Waals surface area contributed by atoms with E-state index >= 15 is 0 Å². The van der Waals surface area contributed by atoms with Crippen molar-refractivity contribution in [3.05, 3.63) is 58.2 Å². The number of imidazole rings is 2. The predicted molar refractivity (Wildman–Crippen MR) is 176 cm³/mol. The van der Waals surface area contributed by atoms with Gasteiger partial charge in [-0.05, 0) is 11.5 Å². The van der Waals surface area contributed by atoms with E-state index in [1.54, 1.807) is 24.3 Å². The standard InChI is InChI=1S/C19H19N5O5.C10H12IN5O4/c20-17-14-18(24(9-21-14)19-16(28)15(27)12(8-25)29-19)23-13(22-17)7-6-11(26)10-4-2-1-3-5-10;11-10-14-7(12)4-8(15-10)16(2-13-4)9-6(19)5(18)3(1-17)20-9/h1-5,9,11-12,15-16,19,25-28H,8H2,(H2,20,22,23);2-3,5-6,9,17-19H,1H2,(H2,12,14,15)/t11?,12-,15-,16-,19-;3-,5-,6-,9-/m11/s1. The van der Waals surface area contributed by atoms with Crippen LogP contribution >= 0.6 is 22.6 Å². The van der Waals surface area contributed by atoms with Crippen LogP contribution in [0.1, 0.15) is 29.9 Å². The zero-order valence-electron chi connectivity index (χ0n) is 25.2.